The lowest BCUT2D eigenvalue weighted by Crippen LogP contribution is -2.29. The van der Waals surface area contributed by atoms with E-state index >= 15 is 0 Å². The summed E-state index contributed by atoms with van der Waals surface area (Å²) in [5, 5.41) is 7.56. The van der Waals surface area contributed by atoms with Crippen LogP contribution in [0.4, 0.5) is 0 Å². The predicted octanol–water partition coefficient (Wildman–Crippen LogP) is 0.917. The van der Waals surface area contributed by atoms with Gasteiger partial charge in [-0.2, -0.15) is 0 Å². The van der Waals surface area contributed by atoms with Gasteiger partial charge in [-0.3, -0.25) is 4.98 Å². The molecule has 0 aliphatic heterocycles. The predicted molar refractivity (Wildman–Crippen MR) is 74.2 cm³/mol. The molecule has 104 valence electrons. The monoisotopic (exact) mass is 263 g/mol. The van der Waals surface area contributed by atoms with Gasteiger partial charge in [0.2, 0.25) is 0 Å². The van der Waals surface area contributed by atoms with Crippen molar-refractivity contribution in [3.05, 3.63) is 29.1 Å². The van der Waals surface area contributed by atoms with Gasteiger partial charge in [0.05, 0.1) is 12.7 Å². The first kappa shape index (κ1) is 13.7. The Morgan fingerprint density at radius 2 is 2.11 bits per heavy atom. The van der Waals surface area contributed by atoms with Crippen molar-refractivity contribution in [1.29, 1.82) is 0 Å². The maximum absolute atomic E-state index is 12.0. The molecule has 2 aromatic rings. The van der Waals surface area contributed by atoms with Crippen molar-refractivity contribution in [3.8, 4) is 0 Å². The van der Waals surface area contributed by atoms with E-state index in [1.54, 1.807) is 18.6 Å². The number of nitrogens with zero attached hydrogens (tertiary/aromatic N) is 4. The first-order chi connectivity index (χ1) is 8.97. The molecule has 0 fully saturated rings. The minimum Gasteiger partial charge on any atom is -0.315 e. The SMILES string of the molecule is CC(C)(C)CCNCCn1nc2cnccn2c1=O. The van der Waals surface area contributed by atoms with Crippen molar-refractivity contribution >= 4 is 5.65 Å². The summed E-state index contributed by atoms with van der Waals surface area (Å²) in [6.07, 6.45) is 5.91. The van der Waals surface area contributed by atoms with Crippen molar-refractivity contribution in [2.75, 3.05) is 13.1 Å². The molecule has 0 bridgehead atoms. The molecule has 0 amide bonds. The molecular weight excluding hydrogens is 242 g/mol. The highest BCUT2D eigenvalue weighted by molar-refractivity contribution is 5.31. The summed E-state index contributed by atoms with van der Waals surface area (Å²) < 4.78 is 2.98. The van der Waals surface area contributed by atoms with Crippen LogP contribution in [-0.2, 0) is 6.54 Å². The first-order valence-corrected chi connectivity index (χ1v) is 6.57. The number of nitrogens with one attached hydrogen (secondary N) is 1. The summed E-state index contributed by atoms with van der Waals surface area (Å²) >= 11 is 0. The number of hydrogen-bond donors (Lipinski definition) is 1. The molecule has 0 spiro atoms. The zero-order valence-corrected chi connectivity index (χ0v) is 11.8. The molecule has 0 atom stereocenters. The van der Waals surface area contributed by atoms with E-state index in [2.05, 4.69) is 36.2 Å². The van der Waals surface area contributed by atoms with E-state index in [4.69, 9.17) is 0 Å². The minimum absolute atomic E-state index is 0.116. The van der Waals surface area contributed by atoms with Crippen molar-refractivity contribution in [2.24, 2.45) is 5.41 Å². The topological polar surface area (TPSA) is 64.2 Å². The van der Waals surface area contributed by atoms with Crippen LogP contribution in [0.25, 0.3) is 5.65 Å². The Hall–Kier alpha value is -1.69. The van der Waals surface area contributed by atoms with Gasteiger partial charge in [-0.25, -0.2) is 13.9 Å². The summed E-state index contributed by atoms with van der Waals surface area (Å²) in [6.45, 7) is 8.92. The smallest absolute Gasteiger partial charge is 0.315 e. The highest BCUT2D eigenvalue weighted by Crippen LogP contribution is 2.16. The van der Waals surface area contributed by atoms with Crippen LogP contribution in [0.15, 0.2) is 23.4 Å². The van der Waals surface area contributed by atoms with Crippen molar-refractivity contribution < 1.29 is 0 Å². The third-order valence-electron chi connectivity index (χ3n) is 2.94. The van der Waals surface area contributed by atoms with Gasteiger partial charge in [-0.1, -0.05) is 20.8 Å². The average Bonchev–Trinajstić information content (AvgIpc) is 2.65. The Kier molecular flexibility index (Phi) is 3.99. The molecule has 2 aromatic heterocycles. The molecule has 6 nitrogen and oxygen atoms in total. The highest BCUT2D eigenvalue weighted by atomic mass is 16.2. The molecule has 2 rings (SSSR count). The quantitative estimate of drug-likeness (QED) is 0.815. The van der Waals surface area contributed by atoms with E-state index in [0.717, 1.165) is 19.5 Å². The molecule has 1 N–H and O–H groups in total. The van der Waals surface area contributed by atoms with Gasteiger partial charge in [0.1, 0.15) is 0 Å². The molecule has 19 heavy (non-hydrogen) atoms. The molecule has 2 heterocycles. The van der Waals surface area contributed by atoms with Crippen LogP contribution < -0.4 is 11.0 Å². The molecule has 0 aliphatic carbocycles. The molecule has 0 saturated carbocycles. The molecule has 0 radical (unpaired) electrons. The van der Waals surface area contributed by atoms with E-state index in [1.165, 1.54) is 9.08 Å². The lowest BCUT2D eigenvalue weighted by atomic mass is 9.92. The molecule has 0 aromatic carbocycles. The zero-order chi connectivity index (χ0) is 13.9. The number of rotatable bonds is 5. The maximum Gasteiger partial charge on any atom is 0.350 e. The van der Waals surface area contributed by atoms with Gasteiger partial charge in [0, 0.05) is 18.9 Å². The summed E-state index contributed by atoms with van der Waals surface area (Å²) in [4.78, 5) is 15.9. The molecule has 0 saturated heterocycles. The lowest BCUT2D eigenvalue weighted by Gasteiger charge is -2.17. The molecular formula is C13H21N5O. The number of aromatic nitrogens is 4. The van der Waals surface area contributed by atoms with Gasteiger partial charge in [0.15, 0.2) is 5.65 Å². The van der Waals surface area contributed by atoms with Crippen LogP contribution in [0, 0.1) is 5.41 Å². The van der Waals surface area contributed by atoms with Gasteiger partial charge in [-0.15, -0.1) is 5.10 Å². The van der Waals surface area contributed by atoms with Gasteiger partial charge < -0.3 is 5.32 Å². The lowest BCUT2D eigenvalue weighted by molar-refractivity contribution is 0.364. The van der Waals surface area contributed by atoms with E-state index in [9.17, 15) is 4.79 Å². The highest BCUT2D eigenvalue weighted by Gasteiger charge is 2.09. The van der Waals surface area contributed by atoms with Crippen LogP contribution in [0.2, 0.25) is 0 Å². The van der Waals surface area contributed by atoms with E-state index < -0.39 is 0 Å². The molecule has 0 aliphatic rings. The fourth-order valence-electron chi connectivity index (χ4n) is 1.80. The van der Waals surface area contributed by atoms with Crippen LogP contribution in [-0.4, -0.2) is 32.3 Å². The fraction of sp³-hybridized carbons (Fsp3) is 0.615. The third kappa shape index (κ3) is 3.64. The van der Waals surface area contributed by atoms with Gasteiger partial charge >= 0.3 is 5.69 Å². The van der Waals surface area contributed by atoms with Crippen LogP contribution in [0.5, 0.6) is 0 Å². The summed E-state index contributed by atoms with van der Waals surface area (Å²) in [5.74, 6) is 0. The van der Waals surface area contributed by atoms with Gasteiger partial charge in [0.25, 0.3) is 0 Å². The Balaban J connectivity index is 1.89. The maximum atomic E-state index is 12.0. The standard InChI is InChI=1S/C13H21N5O/c1-13(2,3)4-5-14-7-9-18-12(19)17-8-6-15-10-11(17)16-18/h6,8,10,14H,4-5,7,9H2,1-3H3. The second kappa shape index (κ2) is 5.52. The van der Waals surface area contributed by atoms with Crippen LogP contribution in [0.3, 0.4) is 0 Å². The summed E-state index contributed by atoms with van der Waals surface area (Å²) in [5.41, 5.74) is 0.802. The van der Waals surface area contributed by atoms with E-state index in [0.29, 0.717) is 17.6 Å². The van der Waals surface area contributed by atoms with Crippen molar-refractivity contribution in [2.45, 2.75) is 33.7 Å². The molecule has 0 unspecified atom stereocenters. The fourth-order valence-corrected chi connectivity index (χ4v) is 1.80. The normalized spacial score (nSPS) is 12.2. The summed E-state index contributed by atoms with van der Waals surface area (Å²) in [6, 6.07) is 0. The van der Waals surface area contributed by atoms with Gasteiger partial charge in [-0.05, 0) is 18.4 Å². The number of fused-ring (bicyclic) bond motifs is 1. The largest absolute Gasteiger partial charge is 0.350 e. The zero-order valence-electron chi connectivity index (χ0n) is 11.8. The molecule has 6 heteroatoms. The van der Waals surface area contributed by atoms with Crippen molar-refractivity contribution in [1.82, 2.24) is 24.5 Å². The Bertz CT molecular complexity index is 593. The minimum atomic E-state index is -0.116. The summed E-state index contributed by atoms with van der Waals surface area (Å²) in [7, 11) is 0. The van der Waals surface area contributed by atoms with E-state index in [-0.39, 0.29) is 5.69 Å². The number of hydrogen-bond acceptors (Lipinski definition) is 4. The van der Waals surface area contributed by atoms with Crippen LogP contribution >= 0.6 is 0 Å². The Morgan fingerprint density at radius 1 is 1.32 bits per heavy atom. The van der Waals surface area contributed by atoms with E-state index in [1.807, 2.05) is 0 Å². The first-order valence-electron chi connectivity index (χ1n) is 6.57. The third-order valence-corrected chi connectivity index (χ3v) is 2.94. The second-order valence-electron chi connectivity index (χ2n) is 5.87. The van der Waals surface area contributed by atoms with Crippen molar-refractivity contribution in [3.63, 3.8) is 0 Å². The Morgan fingerprint density at radius 3 is 2.79 bits per heavy atom. The average molecular weight is 263 g/mol. The second-order valence-corrected chi connectivity index (χ2v) is 5.87. The van der Waals surface area contributed by atoms with Crippen LogP contribution in [0.1, 0.15) is 27.2 Å². The Labute approximate surface area is 112 Å².